The summed E-state index contributed by atoms with van der Waals surface area (Å²) in [6, 6.07) is 5.71. The number of rotatable bonds is 5. The molecule has 0 aliphatic carbocycles. The molecule has 0 atom stereocenters. The lowest BCUT2D eigenvalue weighted by molar-refractivity contribution is 0.574. The number of sulfonamides is 1. The Morgan fingerprint density at radius 3 is 2.85 bits per heavy atom. The standard InChI is InChI=1S/C12H15FN4O2S/c1-8-11(6-14)12(17-16-8)20(18,19)15-7-9-3-2-4-10(13)5-9/h2-5,15H,6-7,14H2,1H3,(H,16,17). The van der Waals surface area contributed by atoms with E-state index in [1.807, 2.05) is 0 Å². The van der Waals surface area contributed by atoms with Crippen molar-refractivity contribution in [1.29, 1.82) is 0 Å². The molecule has 0 aliphatic heterocycles. The van der Waals surface area contributed by atoms with Gasteiger partial charge in [0, 0.05) is 24.3 Å². The van der Waals surface area contributed by atoms with E-state index in [1.54, 1.807) is 13.0 Å². The van der Waals surface area contributed by atoms with Crippen LogP contribution in [-0.2, 0) is 23.1 Å². The van der Waals surface area contributed by atoms with Crippen LogP contribution in [0.1, 0.15) is 16.8 Å². The first kappa shape index (κ1) is 14.6. The van der Waals surface area contributed by atoms with Gasteiger partial charge in [0.1, 0.15) is 5.82 Å². The summed E-state index contributed by atoms with van der Waals surface area (Å²) in [5.74, 6) is -0.417. The van der Waals surface area contributed by atoms with Crippen LogP contribution in [0, 0.1) is 12.7 Å². The minimum Gasteiger partial charge on any atom is -0.326 e. The lowest BCUT2D eigenvalue weighted by Gasteiger charge is -2.06. The zero-order valence-electron chi connectivity index (χ0n) is 10.9. The van der Waals surface area contributed by atoms with Gasteiger partial charge >= 0.3 is 0 Å². The van der Waals surface area contributed by atoms with E-state index in [0.29, 0.717) is 16.8 Å². The molecule has 20 heavy (non-hydrogen) atoms. The lowest BCUT2D eigenvalue weighted by Crippen LogP contribution is -2.25. The average molecular weight is 298 g/mol. The molecule has 0 radical (unpaired) electrons. The highest BCUT2D eigenvalue weighted by Crippen LogP contribution is 2.15. The molecule has 0 spiro atoms. The van der Waals surface area contributed by atoms with Crippen LogP contribution in [0.15, 0.2) is 29.3 Å². The third-order valence-electron chi connectivity index (χ3n) is 2.85. The van der Waals surface area contributed by atoms with E-state index in [9.17, 15) is 12.8 Å². The molecule has 0 fully saturated rings. The van der Waals surface area contributed by atoms with Gasteiger partial charge in [0.25, 0.3) is 10.0 Å². The van der Waals surface area contributed by atoms with Gasteiger partial charge in [0.05, 0.1) is 0 Å². The molecule has 0 unspecified atom stereocenters. The van der Waals surface area contributed by atoms with E-state index in [-0.39, 0.29) is 18.1 Å². The minimum atomic E-state index is -3.79. The quantitative estimate of drug-likeness (QED) is 0.759. The molecule has 0 bridgehead atoms. The summed E-state index contributed by atoms with van der Waals surface area (Å²) in [7, 11) is -3.79. The second kappa shape index (κ2) is 5.70. The van der Waals surface area contributed by atoms with Crippen molar-refractivity contribution in [3.8, 4) is 0 Å². The second-order valence-electron chi connectivity index (χ2n) is 4.29. The number of aryl methyl sites for hydroxylation is 1. The Balaban J connectivity index is 2.19. The Labute approximate surface area is 116 Å². The predicted octanol–water partition coefficient (Wildman–Crippen LogP) is 0.794. The van der Waals surface area contributed by atoms with Crippen molar-refractivity contribution < 1.29 is 12.8 Å². The van der Waals surface area contributed by atoms with Crippen molar-refractivity contribution in [2.24, 2.45) is 5.73 Å². The van der Waals surface area contributed by atoms with E-state index in [0.717, 1.165) is 0 Å². The highest BCUT2D eigenvalue weighted by atomic mass is 32.2. The van der Waals surface area contributed by atoms with Crippen LogP contribution in [0.25, 0.3) is 0 Å². The van der Waals surface area contributed by atoms with Crippen LogP contribution in [-0.4, -0.2) is 18.6 Å². The van der Waals surface area contributed by atoms with E-state index in [1.165, 1.54) is 18.2 Å². The molecule has 1 aromatic carbocycles. The van der Waals surface area contributed by atoms with Crippen molar-refractivity contribution in [2.45, 2.75) is 25.0 Å². The molecule has 1 heterocycles. The number of nitrogens with one attached hydrogen (secondary N) is 2. The highest BCUT2D eigenvalue weighted by molar-refractivity contribution is 7.89. The van der Waals surface area contributed by atoms with Crippen LogP contribution in [0.4, 0.5) is 4.39 Å². The van der Waals surface area contributed by atoms with Gasteiger partial charge in [-0.1, -0.05) is 12.1 Å². The molecule has 0 saturated heterocycles. The maximum atomic E-state index is 13.0. The molecule has 6 nitrogen and oxygen atoms in total. The highest BCUT2D eigenvalue weighted by Gasteiger charge is 2.22. The van der Waals surface area contributed by atoms with Gasteiger partial charge in [-0.25, -0.2) is 17.5 Å². The molecule has 0 saturated carbocycles. The van der Waals surface area contributed by atoms with Gasteiger partial charge in [-0.15, -0.1) is 0 Å². The number of nitrogens with zero attached hydrogens (tertiary/aromatic N) is 1. The number of H-pyrrole nitrogens is 1. The smallest absolute Gasteiger partial charge is 0.260 e. The first-order valence-electron chi connectivity index (χ1n) is 5.92. The molecule has 4 N–H and O–H groups in total. The van der Waals surface area contributed by atoms with Gasteiger partial charge in [-0.2, -0.15) is 5.10 Å². The Bertz CT molecular complexity index is 712. The average Bonchev–Trinajstić information content (AvgIpc) is 2.78. The Morgan fingerprint density at radius 2 is 2.20 bits per heavy atom. The number of hydrogen-bond acceptors (Lipinski definition) is 4. The number of aromatic nitrogens is 2. The maximum Gasteiger partial charge on any atom is 0.260 e. The fourth-order valence-electron chi connectivity index (χ4n) is 1.79. The number of hydrogen-bond donors (Lipinski definition) is 3. The zero-order valence-corrected chi connectivity index (χ0v) is 11.7. The number of aromatic amines is 1. The fourth-order valence-corrected chi connectivity index (χ4v) is 3.01. The third kappa shape index (κ3) is 3.03. The summed E-state index contributed by atoms with van der Waals surface area (Å²) in [6.45, 7) is 1.75. The molecular formula is C12H15FN4O2S. The van der Waals surface area contributed by atoms with Crippen molar-refractivity contribution in [2.75, 3.05) is 0 Å². The Morgan fingerprint density at radius 1 is 1.45 bits per heavy atom. The molecule has 0 aliphatic rings. The minimum absolute atomic E-state index is 0.0178. The van der Waals surface area contributed by atoms with Crippen LogP contribution in [0.5, 0.6) is 0 Å². The Kier molecular flexibility index (Phi) is 4.17. The predicted molar refractivity (Wildman–Crippen MR) is 71.6 cm³/mol. The summed E-state index contributed by atoms with van der Waals surface area (Å²) in [5.41, 5.74) is 7.09. The maximum absolute atomic E-state index is 13.0. The monoisotopic (exact) mass is 298 g/mol. The first-order valence-corrected chi connectivity index (χ1v) is 7.40. The van der Waals surface area contributed by atoms with Gasteiger partial charge in [-0.3, -0.25) is 5.10 Å². The Hall–Kier alpha value is -1.77. The normalized spacial score (nSPS) is 11.8. The van der Waals surface area contributed by atoms with E-state index in [2.05, 4.69) is 14.9 Å². The summed E-state index contributed by atoms with van der Waals surface area (Å²) in [6.07, 6.45) is 0. The van der Waals surface area contributed by atoms with E-state index < -0.39 is 15.8 Å². The van der Waals surface area contributed by atoms with Gasteiger partial charge in [0.15, 0.2) is 5.03 Å². The second-order valence-corrected chi connectivity index (χ2v) is 5.97. The van der Waals surface area contributed by atoms with Crippen molar-refractivity contribution in [1.82, 2.24) is 14.9 Å². The lowest BCUT2D eigenvalue weighted by atomic mass is 10.2. The SMILES string of the molecule is Cc1[nH]nc(S(=O)(=O)NCc2cccc(F)c2)c1CN. The van der Waals surface area contributed by atoms with Gasteiger partial charge in [-0.05, 0) is 24.6 Å². The van der Waals surface area contributed by atoms with Crippen molar-refractivity contribution in [3.63, 3.8) is 0 Å². The molecule has 2 aromatic rings. The summed E-state index contributed by atoms with van der Waals surface area (Å²) in [4.78, 5) is 0. The molecule has 1 aromatic heterocycles. The van der Waals surface area contributed by atoms with Crippen LogP contribution >= 0.6 is 0 Å². The first-order chi connectivity index (χ1) is 9.44. The van der Waals surface area contributed by atoms with E-state index in [4.69, 9.17) is 5.73 Å². The summed E-state index contributed by atoms with van der Waals surface area (Å²) < 4.78 is 39.7. The van der Waals surface area contributed by atoms with Gasteiger partial charge < -0.3 is 5.73 Å². The zero-order chi connectivity index (χ0) is 14.8. The van der Waals surface area contributed by atoms with E-state index >= 15 is 0 Å². The molecular weight excluding hydrogens is 283 g/mol. The number of halogens is 1. The largest absolute Gasteiger partial charge is 0.326 e. The molecule has 0 amide bonds. The number of benzene rings is 1. The van der Waals surface area contributed by atoms with Crippen molar-refractivity contribution >= 4 is 10.0 Å². The molecule has 8 heteroatoms. The van der Waals surface area contributed by atoms with Gasteiger partial charge in [0.2, 0.25) is 0 Å². The third-order valence-corrected chi connectivity index (χ3v) is 4.22. The summed E-state index contributed by atoms with van der Waals surface area (Å²) in [5, 5.41) is 6.23. The fraction of sp³-hybridized carbons (Fsp3) is 0.250. The topological polar surface area (TPSA) is 101 Å². The molecule has 2 rings (SSSR count). The van der Waals surface area contributed by atoms with Crippen LogP contribution in [0.2, 0.25) is 0 Å². The molecule has 108 valence electrons. The number of nitrogens with two attached hydrogens (primary N) is 1. The van der Waals surface area contributed by atoms with Crippen molar-refractivity contribution in [3.05, 3.63) is 46.9 Å². The summed E-state index contributed by atoms with van der Waals surface area (Å²) >= 11 is 0. The van der Waals surface area contributed by atoms with Crippen LogP contribution in [0.3, 0.4) is 0 Å². The van der Waals surface area contributed by atoms with Crippen LogP contribution < -0.4 is 10.5 Å².